The zero-order valence-electron chi connectivity index (χ0n) is 13.7. The largest absolute Gasteiger partial charge is 0.508 e. The van der Waals surface area contributed by atoms with Crippen molar-refractivity contribution in [3.8, 4) is 0 Å². The van der Waals surface area contributed by atoms with E-state index in [2.05, 4.69) is 19.9 Å². The Labute approximate surface area is 132 Å². The van der Waals surface area contributed by atoms with E-state index in [9.17, 15) is 15.3 Å². The molecule has 0 aromatic rings. The van der Waals surface area contributed by atoms with Crippen molar-refractivity contribution in [2.45, 2.75) is 64.9 Å². The summed E-state index contributed by atoms with van der Waals surface area (Å²) in [6, 6.07) is 0. The lowest BCUT2D eigenvalue weighted by Crippen LogP contribution is -2.49. The summed E-state index contributed by atoms with van der Waals surface area (Å²) in [5.41, 5.74) is 1.33. The Hall–Kier alpha value is -0.960. The number of allylic oxidation sites excluding steroid dienone is 2. The van der Waals surface area contributed by atoms with Crippen LogP contribution in [0.5, 0.6) is 0 Å². The lowest BCUT2D eigenvalue weighted by molar-refractivity contribution is 0.00151. The number of rotatable bonds is 0. The van der Waals surface area contributed by atoms with Crippen molar-refractivity contribution >= 4 is 0 Å². The van der Waals surface area contributed by atoms with Gasteiger partial charge in [-0.3, -0.25) is 0 Å². The molecular formula is C19H28O3. The molecule has 3 heteroatoms. The van der Waals surface area contributed by atoms with E-state index in [0.717, 1.165) is 18.8 Å². The molecule has 0 aromatic carbocycles. The number of aliphatic hydroxyl groups excluding tert-OH is 3. The summed E-state index contributed by atoms with van der Waals surface area (Å²) in [6.07, 6.45) is 9.32. The Kier molecular flexibility index (Phi) is 3.01. The molecular weight excluding hydrogens is 276 g/mol. The van der Waals surface area contributed by atoms with E-state index < -0.39 is 11.5 Å². The zero-order chi connectivity index (χ0) is 15.7. The molecule has 6 atom stereocenters. The van der Waals surface area contributed by atoms with E-state index in [0.29, 0.717) is 17.8 Å². The van der Waals surface area contributed by atoms with Gasteiger partial charge in [0.05, 0.1) is 5.41 Å². The number of aliphatic hydroxyl groups is 3. The minimum Gasteiger partial charge on any atom is -0.508 e. The highest BCUT2D eigenvalue weighted by Crippen LogP contribution is 2.64. The molecule has 0 bridgehead atoms. The van der Waals surface area contributed by atoms with E-state index >= 15 is 0 Å². The summed E-state index contributed by atoms with van der Waals surface area (Å²) in [5.74, 6) is 1.36. The van der Waals surface area contributed by atoms with E-state index in [1.54, 1.807) is 0 Å². The van der Waals surface area contributed by atoms with Gasteiger partial charge in [-0.2, -0.15) is 0 Å². The summed E-state index contributed by atoms with van der Waals surface area (Å²) in [5, 5.41) is 30.8. The van der Waals surface area contributed by atoms with Crippen LogP contribution in [0.2, 0.25) is 0 Å². The fraction of sp³-hybridized carbons (Fsp3) is 0.789. The van der Waals surface area contributed by atoms with Crippen LogP contribution in [0.25, 0.3) is 0 Å². The second-order valence-electron chi connectivity index (χ2n) is 8.58. The minimum absolute atomic E-state index is 0.0359. The van der Waals surface area contributed by atoms with Crippen LogP contribution in [0, 0.1) is 28.6 Å². The molecule has 1 unspecified atom stereocenters. The number of hydrogen-bond donors (Lipinski definition) is 3. The monoisotopic (exact) mass is 304 g/mol. The molecule has 0 amide bonds. The average Bonchev–Trinajstić information content (AvgIpc) is 2.89. The Bertz CT molecular complexity index is 563. The van der Waals surface area contributed by atoms with Gasteiger partial charge in [0.1, 0.15) is 11.9 Å². The van der Waals surface area contributed by atoms with Gasteiger partial charge < -0.3 is 15.3 Å². The normalized spacial score (nSPS) is 51.0. The van der Waals surface area contributed by atoms with Crippen LogP contribution in [-0.2, 0) is 0 Å². The topological polar surface area (TPSA) is 60.7 Å². The standard InChI is InChI=1S/C19H28O3/c1-18-8-3-4-13(18)12-6-5-11-10-15(20)16(21)17(22)19(11,2)14(12)7-9-18/h7,11-13,15,20-22H,3-6,8-10H2,1-2H3/t11-,12+,13+,15?,18+,19+/m1/s1. The molecule has 2 fully saturated rings. The van der Waals surface area contributed by atoms with Crippen LogP contribution in [0.4, 0.5) is 0 Å². The third-order valence-electron chi connectivity index (χ3n) is 7.63. The van der Waals surface area contributed by atoms with E-state index in [1.165, 1.54) is 31.3 Å². The molecule has 0 heterocycles. The Morgan fingerprint density at radius 1 is 1.14 bits per heavy atom. The van der Waals surface area contributed by atoms with Crippen LogP contribution in [-0.4, -0.2) is 21.4 Å². The number of fused-ring (bicyclic) bond motifs is 5. The van der Waals surface area contributed by atoms with Crippen LogP contribution in [0.3, 0.4) is 0 Å². The summed E-state index contributed by atoms with van der Waals surface area (Å²) in [4.78, 5) is 0. The molecule has 0 aromatic heterocycles. The Morgan fingerprint density at radius 2 is 1.91 bits per heavy atom. The van der Waals surface area contributed by atoms with E-state index in [-0.39, 0.29) is 17.4 Å². The van der Waals surface area contributed by atoms with Gasteiger partial charge in [-0.15, -0.1) is 0 Å². The first-order valence-electron chi connectivity index (χ1n) is 8.89. The fourth-order valence-corrected chi connectivity index (χ4v) is 6.26. The van der Waals surface area contributed by atoms with Crippen molar-refractivity contribution in [3.63, 3.8) is 0 Å². The first-order chi connectivity index (χ1) is 10.4. The predicted molar refractivity (Wildman–Crippen MR) is 85.4 cm³/mol. The van der Waals surface area contributed by atoms with Gasteiger partial charge in [-0.25, -0.2) is 0 Å². The maximum atomic E-state index is 10.7. The predicted octanol–water partition coefficient (Wildman–Crippen LogP) is 4.25. The first-order valence-corrected chi connectivity index (χ1v) is 8.89. The molecule has 22 heavy (non-hydrogen) atoms. The second kappa shape index (κ2) is 4.53. The quantitative estimate of drug-likeness (QED) is 0.586. The molecule has 0 aliphatic heterocycles. The molecule has 4 aliphatic carbocycles. The third kappa shape index (κ3) is 1.66. The van der Waals surface area contributed by atoms with Gasteiger partial charge in [-0.05, 0) is 68.6 Å². The van der Waals surface area contributed by atoms with Crippen molar-refractivity contribution in [2.75, 3.05) is 0 Å². The smallest absolute Gasteiger partial charge is 0.159 e. The lowest BCUT2D eigenvalue weighted by Gasteiger charge is -2.55. The van der Waals surface area contributed by atoms with Crippen molar-refractivity contribution in [1.82, 2.24) is 0 Å². The lowest BCUT2D eigenvalue weighted by atomic mass is 9.50. The molecule has 3 N–H and O–H groups in total. The van der Waals surface area contributed by atoms with E-state index in [4.69, 9.17) is 0 Å². The zero-order valence-corrected chi connectivity index (χ0v) is 13.7. The summed E-state index contributed by atoms with van der Waals surface area (Å²) < 4.78 is 0. The van der Waals surface area contributed by atoms with Crippen molar-refractivity contribution in [1.29, 1.82) is 0 Å². The molecule has 3 nitrogen and oxygen atoms in total. The maximum absolute atomic E-state index is 10.7. The molecule has 2 saturated carbocycles. The highest BCUT2D eigenvalue weighted by atomic mass is 16.3. The van der Waals surface area contributed by atoms with Crippen LogP contribution < -0.4 is 0 Å². The van der Waals surface area contributed by atoms with Gasteiger partial charge in [0.25, 0.3) is 0 Å². The highest BCUT2D eigenvalue weighted by Gasteiger charge is 2.57. The second-order valence-corrected chi connectivity index (χ2v) is 8.58. The van der Waals surface area contributed by atoms with Crippen LogP contribution >= 0.6 is 0 Å². The Balaban J connectivity index is 1.81. The molecule has 0 saturated heterocycles. The van der Waals surface area contributed by atoms with Gasteiger partial charge in [0.2, 0.25) is 0 Å². The third-order valence-corrected chi connectivity index (χ3v) is 7.63. The first kappa shape index (κ1) is 14.6. The molecule has 0 radical (unpaired) electrons. The fourth-order valence-electron chi connectivity index (χ4n) is 6.26. The van der Waals surface area contributed by atoms with Crippen molar-refractivity contribution < 1.29 is 15.3 Å². The molecule has 4 aliphatic rings. The van der Waals surface area contributed by atoms with Gasteiger partial charge in [0, 0.05) is 0 Å². The van der Waals surface area contributed by atoms with Gasteiger partial charge >= 0.3 is 0 Å². The molecule has 122 valence electrons. The SMILES string of the molecule is C[C@]12CC=C3[C@@H](CC[C@@H]4CC(O)C(O)=C(O)[C@]34C)[C@@H]1CCC2. The van der Waals surface area contributed by atoms with E-state index in [1.807, 2.05) is 0 Å². The maximum Gasteiger partial charge on any atom is 0.159 e. The summed E-state index contributed by atoms with van der Waals surface area (Å²) in [6.45, 7) is 4.52. The average molecular weight is 304 g/mol. The van der Waals surface area contributed by atoms with Crippen LogP contribution in [0.15, 0.2) is 23.2 Å². The molecule has 4 rings (SSSR count). The van der Waals surface area contributed by atoms with Gasteiger partial charge in [0.15, 0.2) is 5.76 Å². The summed E-state index contributed by atoms with van der Waals surface area (Å²) >= 11 is 0. The van der Waals surface area contributed by atoms with Gasteiger partial charge in [-0.1, -0.05) is 25.0 Å². The Morgan fingerprint density at radius 3 is 2.68 bits per heavy atom. The van der Waals surface area contributed by atoms with Crippen LogP contribution in [0.1, 0.15) is 58.8 Å². The summed E-state index contributed by atoms with van der Waals surface area (Å²) in [7, 11) is 0. The minimum atomic E-state index is -0.893. The molecule has 0 spiro atoms. The van der Waals surface area contributed by atoms with Crippen molar-refractivity contribution in [2.24, 2.45) is 28.6 Å². The highest BCUT2D eigenvalue weighted by molar-refractivity contribution is 5.37. The number of hydrogen-bond acceptors (Lipinski definition) is 3. The van der Waals surface area contributed by atoms with Crippen molar-refractivity contribution in [3.05, 3.63) is 23.2 Å².